The third-order valence-corrected chi connectivity index (χ3v) is 5.26. The van der Waals surface area contributed by atoms with Crippen molar-refractivity contribution in [2.75, 3.05) is 38.7 Å². The molecule has 1 N–H and O–H groups in total. The molecule has 0 heterocycles. The van der Waals surface area contributed by atoms with Crippen LogP contribution in [-0.2, 0) is 0 Å². The Morgan fingerprint density at radius 3 is 2.15 bits per heavy atom. The normalized spacial score (nSPS) is 10.7. The van der Waals surface area contributed by atoms with Crippen LogP contribution in [0.1, 0.15) is 37.0 Å². The van der Waals surface area contributed by atoms with Gasteiger partial charge in [0.1, 0.15) is 18.1 Å². The van der Waals surface area contributed by atoms with E-state index in [4.69, 9.17) is 14.2 Å². The van der Waals surface area contributed by atoms with E-state index in [9.17, 15) is 4.79 Å². The van der Waals surface area contributed by atoms with Crippen LogP contribution in [-0.4, -0.2) is 44.2 Å². The molecule has 0 saturated carbocycles. The van der Waals surface area contributed by atoms with Crippen LogP contribution < -0.4 is 19.5 Å². The molecule has 3 rings (SSSR count). The maximum Gasteiger partial charge on any atom is 0.255 e. The number of carbonyl (C=O) groups is 1. The summed E-state index contributed by atoms with van der Waals surface area (Å²) in [4.78, 5) is 15.2. The molecule has 34 heavy (non-hydrogen) atoms. The van der Waals surface area contributed by atoms with Gasteiger partial charge in [-0.25, -0.2) is 0 Å². The predicted octanol–water partition coefficient (Wildman–Crippen LogP) is 6.24. The molecule has 180 valence electrons. The zero-order valence-electron chi connectivity index (χ0n) is 20.3. The van der Waals surface area contributed by atoms with Crippen molar-refractivity contribution in [2.45, 2.75) is 26.7 Å². The lowest BCUT2D eigenvalue weighted by Gasteiger charge is -2.21. The van der Waals surface area contributed by atoms with Crippen molar-refractivity contribution < 1.29 is 19.0 Å². The van der Waals surface area contributed by atoms with E-state index in [1.807, 2.05) is 30.3 Å². The smallest absolute Gasteiger partial charge is 0.255 e. The Morgan fingerprint density at radius 1 is 0.824 bits per heavy atom. The summed E-state index contributed by atoms with van der Waals surface area (Å²) in [5.41, 5.74) is 1.18. The fourth-order valence-corrected chi connectivity index (χ4v) is 3.62. The number of anilines is 1. The molecule has 0 unspecified atom stereocenters. The molecule has 0 spiro atoms. The molecule has 0 aliphatic rings. The highest BCUT2D eigenvalue weighted by Gasteiger charge is 2.11. The van der Waals surface area contributed by atoms with Gasteiger partial charge < -0.3 is 19.5 Å². The first-order valence-electron chi connectivity index (χ1n) is 11.8. The molecular formula is C28H34N2O4. The molecule has 0 saturated heterocycles. The molecule has 0 atom stereocenters. The number of para-hydroxylation sites is 1. The minimum Gasteiger partial charge on any atom is -0.493 e. The maximum absolute atomic E-state index is 12.8. The van der Waals surface area contributed by atoms with Gasteiger partial charge >= 0.3 is 0 Å². The van der Waals surface area contributed by atoms with Crippen LogP contribution >= 0.6 is 0 Å². The van der Waals surface area contributed by atoms with Crippen molar-refractivity contribution >= 4 is 11.6 Å². The van der Waals surface area contributed by atoms with E-state index in [1.54, 1.807) is 49.6 Å². The van der Waals surface area contributed by atoms with Gasteiger partial charge in [0.2, 0.25) is 0 Å². The lowest BCUT2D eigenvalue weighted by molar-refractivity contribution is 0.102. The Morgan fingerprint density at radius 2 is 1.50 bits per heavy atom. The first-order chi connectivity index (χ1) is 16.6. The number of methoxy groups -OCH3 is 1. The molecule has 3 aromatic rings. The second-order valence-electron chi connectivity index (χ2n) is 7.95. The van der Waals surface area contributed by atoms with E-state index in [2.05, 4.69) is 24.1 Å². The van der Waals surface area contributed by atoms with Crippen LogP contribution in [0.5, 0.6) is 23.0 Å². The van der Waals surface area contributed by atoms with Crippen LogP contribution in [0, 0.1) is 0 Å². The number of nitrogens with zero attached hydrogens (tertiary/aromatic N) is 1. The van der Waals surface area contributed by atoms with E-state index < -0.39 is 0 Å². The van der Waals surface area contributed by atoms with Crippen LogP contribution in [0.2, 0.25) is 0 Å². The molecular weight excluding hydrogens is 428 g/mol. The topological polar surface area (TPSA) is 60.0 Å². The van der Waals surface area contributed by atoms with Gasteiger partial charge in [0, 0.05) is 23.9 Å². The quantitative estimate of drug-likeness (QED) is 0.326. The highest BCUT2D eigenvalue weighted by molar-refractivity contribution is 6.04. The van der Waals surface area contributed by atoms with E-state index in [0.717, 1.165) is 38.2 Å². The maximum atomic E-state index is 12.8. The molecule has 0 radical (unpaired) electrons. The summed E-state index contributed by atoms with van der Waals surface area (Å²) in [7, 11) is 1.61. The monoisotopic (exact) mass is 462 g/mol. The van der Waals surface area contributed by atoms with Crippen molar-refractivity contribution in [1.82, 2.24) is 4.90 Å². The second-order valence-corrected chi connectivity index (χ2v) is 7.95. The van der Waals surface area contributed by atoms with E-state index in [0.29, 0.717) is 35.1 Å². The van der Waals surface area contributed by atoms with Crippen molar-refractivity contribution in [2.24, 2.45) is 0 Å². The van der Waals surface area contributed by atoms with Crippen molar-refractivity contribution in [3.8, 4) is 23.0 Å². The summed E-state index contributed by atoms with van der Waals surface area (Å²) in [5, 5.41) is 2.93. The highest BCUT2D eigenvalue weighted by Crippen LogP contribution is 2.30. The van der Waals surface area contributed by atoms with Gasteiger partial charge in [-0.1, -0.05) is 32.0 Å². The van der Waals surface area contributed by atoms with E-state index in [-0.39, 0.29) is 5.91 Å². The van der Waals surface area contributed by atoms with Gasteiger partial charge in [-0.3, -0.25) is 9.69 Å². The minimum absolute atomic E-state index is 0.209. The number of benzene rings is 3. The van der Waals surface area contributed by atoms with Crippen LogP contribution in [0.25, 0.3) is 0 Å². The zero-order chi connectivity index (χ0) is 24.2. The minimum atomic E-state index is -0.209. The Bertz CT molecular complexity index is 1020. The number of hydrogen-bond donors (Lipinski definition) is 1. The number of carbonyl (C=O) groups excluding carboxylic acids is 1. The Kier molecular flexibility index (Phi) is 9.80. The second kappa shape index (κ2) is 13.3. The third kappa shape index (κ3) is 7.52. The average Bonchev–Trinajstić information content (AvgIpc) is 2.85. The summed E-state index contributed by atoms with van der Waals surface area (Å²) < 4.78 is 17.2. The van der Waals surface area contributed by atoms with Gasteiger partial charge in [-0.2, -0.15) is 0 Å². The molecule has 1 amide bonds. The number of hydrogen-bond acceptors (Lipinski definition) is 5. The lowest BCUT2D eigenvalue weighted by Crippen LogP contribution is -2.30. The standard InChI is InChI=1S/C28H34N2O4/c1-4-17-30(18-5-2)19-20-33-27-21-23(13-16-26(27)32-3)29-28(31)22-11-14-25(15-12-22)34-24-9-7-6-8-10-24/h6-16,21H,4-5,17-20H2,1-3H3,(H,29,31). The van der Waals surface area contributed by atoms with Crippen LogP contribution in [0.15, 0.2) is 72.8 Å². The van der Waals surface area contributed by atoms with Gasteiger partial charge in [0.25, 0.3) is 5.91 Å². The summed E-state index contributed by atoms with van der Waals surface area (Å²) in [6.07, 6.45) is 2.23. The molecule has 0 aliphatic heterocycles. The lowest BCUT2D eigenvalue weighted by atomic mass is 10.2. The Balaban J connectivity index is 1.60. The summed E-state index contributed by atoms with van der Waals surface area (Å²) in [5.74, 6) is 2.46. The van der Waals surface area contributed by atoms with Gasteiger partial charge in [0.05, 0.1) is 7.11 Å². The first kappa shape index (κ1) is 25.1. The van der Waals surface area contributed by atoms with E-state index in [1.165, 1.54) is 0 Å². The van der Waals surface area contributed by atoms with Crippen molar-refractivity contribution in [3.63, 3.8) is 0 Å². The van der Waals surface area contributed by atoms with Gasteiger partial charge in [-0.15, -0.1) is 0 Å². The number of ether oxygens (including phenoxy) is 3. The zero-order valence-corrected chi connectivity index (χ0v) is 20.3. The van der Waals surface area contributed by atoms with Crippen molar-refractivity contribution in [3.05, 3.63) is 78.4 Å². The molecule has 0 aliphatic carbocycles. The van der Waals surface area contributed by atoms with Gasteiger partial charge in [0.15, 0.2) is 11.5 Å². The largest absolute Gasteiger partial charge is 0.493 e. The van der Waals surface area contributed by atoms with Crippen LogP contribution in [0.3, 0.4) is 0 Å². The highest BCUT2D eigenvalue weighted by atomic mass is 16.5. The molecule has 3 aromatic carbocycles. The van der Waals surface area contributed by atoms with Crippen LogP contribution in [0.4, 0.5) is 5.69 Å². The van der Waals surface area contributed by atoms with Gasteiger partial charge in [-0.05, 0) is 74.5 Å². The predicted molar refractivity (Wildman–Crippen MR) is 136 cm³/mol. The first-order valence-corrected chi connectivity index (χ1v) is 11.8. The average molecular weight is 463 g/mol. The fraction of sp³-hybridized carbons (Fsp3) is 0.321. The number of rotatable bonds is 13. The summed E-state index contributed by atoms with van der Waals surface area (Å²) >= 11 is 0. The fourth-order valence-electron chi connectivity index (χ4n) is 3.62. The summed E-state index contributed by atoms with van der Waals surface area (Å²) in [6, 6.07) is 22.0. The molecule has 6 nitrogen and oxygen atoms in total. The summed E-state index contributed by atoms with van der Waals surface area (Å²) in [6.45, 7) is 7.87. The molecule has 0 aromatic heterocycles. The Hall–Kier alpha value is -3.51. The third-order valence-electron chi connectivity index (χ3n) is 5.26. The SMILES string of the molecule is CCCN(CCC)CCOc1cc(NC(=O)c2ccc(Oc3ccccc3)cc2)ccc1OC. The number of nitrogens with one attached hydrogen (secondary N) is 1. The number of amides is 1. The molecule has 0 bridgehead atoms. The Labute approximate surface area is 202 Å². The molecule has 0 fully saturated rings. The van der Waals surface area contributed by atoms with E-state index >= 15 is 0 Å². The van der Waals surface area contributed by atoms with Crippen molar-refractivity contribution in [1.29, 1.82) is 0 Å². The molecule has 6 heteroatoms.